The Labute approximate surface area is 262 Å². The normalized spacial score (nSPS) is 12.7. The number of halogens is 1. The van der Waals surface area contributed by atoms with Crippen LogP contribution in [0.25, 0.3) is 5.57 Å². The van der Waals surface area contributed by atoms with Crippen LogP contribution < -0.4 is 15.4 Å². The first-order chi connectivity index (χ1) is 20.1. The van der Waals surface area contributed by atoms with Crippen molar-refractivity contribution in [1.82, 2.24) is 14.9 Å². The summed E-state index contributed by atoms with van der Waals surface area (Å²) >= 11 is 6.46. The second-order valence-electron chi connectivity index (χ2n) is 12.0. The molecule has 0 aliphatic rings. The molecule has 0 aliphatic carbocycles. The van der Waals surface area contributed by atoms with Crippen LogP contribution in [0.4, 0.5) is 23.1 Å². The highest BCUT2D eigenvalue weighted by Gasteiger charge is 2.24. The van der Waals surface area contributed by atoms with Gasteiger partial charge in [0.05, 0.1) is 33.8 Å². The predicted octanol–water partition coefficient (Wildman–Crippen LogP) is 8.42. The summed E-state index contributed by atoms with van der Waals surface area (Å²) < 4.78 is 32.2. The van der Waals surface area contributed by atoms with Gasteiger partial charge in [0.25, 0.3) is 0 Å². The van der Waals surface area contributed by atoms with Gasteiger partial charge in [0.1, 0.15) is 10.8 Å². The van der Waals surface area contributed by atoms with Crippen LogP contribution in [0.2, 0.25) is 5.02 Å². The molecular weight excluding hydrogens is 582 g/mol. The molecule has 0 saturated heterocycles. The van der Waals surface area contributed by atoms with E-state index in [9.17, 15) is 8.42 Å². The zero-order valence-electron chi connectivity index (χ0n) is 27.0. The molecule has 8 nitrogen and oxygen atoms in total. The molecule has 0 saturated carbocycles. The number of anilines is 4. The van der Waals surface area contributed by atoms with E-state index in [1.54, 1.807) is 38.1 Å². The Morgan fingerprint density at radius 1 is 1.09 bits per heavy atom. The van der Waals surface area contributed by atoms with Crippen LogP contribution in [0.5, 0.6) is 5.75 Å². The Morgan fingerprint density at radius 3 is 2.37 bits per heavy atom. The maximum atomic E-state index is 13.0. The summed E-state index contributed by atoms with van der Waals surface area (Å²) in [5.41, 5.74) is 4.48. The lowest BCUT2D eigenvalue weighted by Crippen LogP contribution is -2.36. The predicted molar refractivity (Wildman–Crippen MR) is 180 cm³/mol. The lowest BCUT2D eigenvalue weighted by molar-refractivity contribution is 0.243. The van der Waals surface area contributed by atoms with E-state index in [-0.39, 0.29) is 33.3 Å². The Hall–Kier alpha value is -3.14. The molecule has 0 amide bonds. The third-order valence-corrected chi connectivity index (χ3v) is 9.78. The maximum Gasteiger partial charge on any atom is 0.229 e. The van der Waals surface area contributed by atoms with Gasteiger partial charge < -0.3 is 20.3 Å². The summed E-state index contributed by atoms with van der Waals surface area (Å²) in [4.78, 5) is 11.4. The van der Waals surface area contributed by atoms with Gasteiger partial charge >= 0.3 is 0 Å². The van der Waals surface area contributed by atoms with Gasteiger partial charge in [-0.3, -0.25) is 0 Å². The van der Waals surface area contributed by atoms with Crippen molar-refractivity contribution in [1.29, 1.82) is 0 Å². The minimum Gasteiger partial charge on any atom is -0.489 e. The fourth-order valence-corrected chi connectivity index (χ4v) is 5.77. The third-order valence-electron chi connectivity index (χ3n) is 7.29. The van der Waals surface area contributed by atoms with Crippen LogP contribution in [0.15, 0.2) is 53.6 Å². The second kappa shape index (κ2) is 14.1. The van der Waals surface area contributed by atoms with Gasteiger partial charge in [-0.2, -0.15) is 4.98 Å². The van der Waals surface area contributed by atoms with E-state index in [0.29, 0.717) is 17.1 Å². The molecule has 3 aromatic rings. The first-order valence-electron chi connectivity index (χ1n) is 14.7. The summed E-state index contributed by atoms with van der Waals surface area (Å²) in [6.07, 6.45) is 5.72. The molecule has 0 atom stereocenters. The topological polar surface area (TPSA) is 96.5 Å². The lowest BCUT2D eigenvalue weighted by Gasteiger charge is -2.31. The number of likely N-dealkylation sites (N-methyl/N-ethyl adjacent to an activating group) is 1. The van der Waals surface area contributed by atoms with Crippen LogP contribution >= 0.6 is 11.6 Å². The Morgan fingerprint density at radius 2 is 1.77 bits per heavy atom. The Kier molecular flexibility index (Phi) is 11.3. The zero-order chi connectivity index (χ0) is 32.1. The minimum absolute atomic E-state index is 0.0595. The van der Waals surface area contributed by atoms with Crippen molar-refractivity contribution in [3.8, 4) is 5.75 Å². The molecule has 2 aromatic carbocycles. The van der Waals surface area contributed by atoms with Crippen molar-refractivity contribution < 1.29 is 13.2 Å². The van der Waals surface area contributed by atoms with Crippen molar-refractivity contribution in [3.63, 3.8) is 0 Å². The highest BCUT2D eigenvalue weighted by Crippen LogP contribution is 2.37. The van der Waals surface area contributed by atoms with E-state index < -0.39 is 15.1 Å². The van der Waals surface area contributed by atoms with E-state index in [1.807, 2.05) is 13.8 Å². The van der Waals surface area contributed by atoms with Crippen LogP contribution in [-0.2, 0) is 9.84 Å². The molecule has 1 heterocycles. The summed E-state index contributed by atoms with van der Waals surface area (Å²) in [5.74, 6) is 1.25. The molecule has 0 bridgehead atoms. The second-order valence-corrected chi connectivity index (χ2v) is 14.9. The van der Waals surface area contributed by atoms with Gasteiger partial charge in [-0.1, -0.05) is 43.2 Å². The number of sulfone groups is 1. The number of para-hydroxylation sites is 1. The monoisotopic (exact) mass is 627 g/mol. The summed E-state index contributed by atoms with van der Waals surface area (Å²) in [6, 6.07) is 10.9. The molecule has 10 heteroatoms. The molecule has 43 heavy (non-hydrogen) atoms. The van der Waals surface area contributed by atoms with Gasteiger partial charge in [-0.25, -0.2) is 13.4 Å². The third kappa shape index (κ3) is 8.49. The van der Waals surface area contributed by atoms with Gasteiger partial charge in [0, 0.05) is 5.54 Å². The van der Waals surface area contributed by atoms with Gasteiger partial charge in [-0.15, -0.1) is 0 Å². The quantitative estimate of drug-likeness (QED) is 0.195. The molecule has 2 N–H and O–H groups in total. The van der Waals surface area contributed by atoms with E-state index in [0.717, 1.165) is 24.0 Å². The largest absolute Gasteiger partial charge is 0.489 e. The molecule has 0 unspecified atom stereocenters. The van der Waals surface area contributed by atoms with E-state index >= 15 is 0 Å². The first kappa shape index (κ1) is 34.4. The number of aromatic nitrogens is 2. The molecule has 0 aliphatic heterocycles. The average molecular weight is 628 g/mol. The SMILES string of the molecule is CCC/C(=C\C(C)(C)N(C)C)c1cc(OC(C)C)c(Nc2ncc(Cl)c(Nc3ccccc3S(=O)(=O)C(C)C)n2)cc1C. The summed E-state index contributed by atoms with van der Waals surface area (Å²) in [7, 11) is 0.634. The number of rotatable bonds is 13. The van der Waals surface area contributed by atoms with E-state index in [2.05, 4.69) is 85.5 Å². The highest BCUT2D eigenvalue weighted by molar-refractivity contribution is 7.92. The van der Waals surface area contributed by atoms with E-state index in [1.165, 1.54) is 11.8 Å². The van der Waals surface area contributed by atoms with Crippen molar-refractivity contribution in [3.05, 3.63) is 64.8 Å². The van der Waals surface area contributed by atoms with Crippen molar-refractivity contribution in [2.45, 2.75) is 90.0 Å². The molecule has 0 spiro atoms. The number of hydrogen-bond acceptors (Lipinski definition) is 8. The van der Waals surface area contributed by atoms with Gasteiger partial charge in [-0.05, 0) is 110 Å². The zero-order valence-corrected chi connectivity index (χ0v) is 28.6. The van der Waals surface area contributed by atoms with Crippen LogP contribution in [0, 0.1) is 6.92 Å². The smallest absolute Gasteiger partial charge is 0.229 e. The number of aryl methyl sites for hydroxylation is 1. The number of ether oxygens (including phenoxy) is 1. The fourth-order valence-electron chi connectivity index (χ4n) is 4.43. The molecule has 1 aromatic heterocycles. The molecule has 234 valence electrons. The van der Waals surface area contributed by atoms with Crippen molar-refractivity contribution >= 4 is 50.2 Å². The maximum absolute atomic E-state index is 13.0. The fraction of sp³-hybridized carbons (Fsp3) is 0.455. The molecular formula is C33H46ClN5O3S. The van der Waals surface area contributed by atoms with Gasteiger partial charge in [0.2, 0.25) is 5.95 Å². The number of hydrogen-bond donors (Lipinski definition) is 2. The number of benzene rings is 2. The van der Waals surface area contributed by atoms with Crippen LogP contribution in [0.3, 0.4) is 0 Å². The lowest BCUT2D eigenvalue weighted by atomic mass is 9.90. The van der Waals surface area contributed by atoms with Crippen molar-refractivity contribution in [2.24, 2.45) is 0 Å². The van der Waals surface area contributed by atoms with Crippen LogP contribution in [0.1, 0.15) is 72.4 Å². The molecule has 0 radical (unpaired) electrons. The average Bonchev–Trinajstić information content (AvgIpc) is 2.91. The molecule has 0 fully saturated rings. The van der Waals surface area contributed by atoms with Crippen LogP contribution in [-0.4, -0.2) is 54.3 Å². The number of nitrogens with one attached hydrogen (secondary N) is 2. The standard InChI is InChI=1S/C33H46ClN5O3S/c1-11-14-24(19-33(7,8)39(9)10)25-18-29(42-21(2)3)28(17-23(25)6)37-32-35-20-26(34)31(38-32)36-27-15-12-13-16-30(27)43(40,41)22(4)5/h12-13,15-22H,11,14H2,1-10H3,(H2,35,36,37,38)/b24-19+. The van der Waals surface area contributed by atoms with E-state index in [4.69, 9.17) is 16.3 Å². The number of allylic oxidation sites excluding steroid dienone is 1. The highest BCUT2D eigenvalue weighted by atomic mass is 35.5. The summed E-state index contributed by atoms with van der Waals surface area (Å²) in [6.45, 7) is 16.0. The van der Waals surface area contributed by atoms with Crippen molar-refractivity contribution in [2.75, 3.05) is 24.7 Å². The molecule has 3 rings (SSSR count). The minimum atomic E-state index is -3.54. The van der Waals surface area contributed by atoms with Gasteiger partial charge in [0.15, 0.2) is 15.7 Å². The Balaban J connectivity index is 2.05. The Bertz CT molecular complexity index is 1570. The first-order valence-corrected chi connectivity index (χ1v) is 16.6. The summed E-state index contributed by atoms with van der Waals surface area (Å²) in [5, 5.41) is 6.09. The number of nitrogens with zero attached hydrogens (tertiary/aromatic N) is 3.